The van der Waals surface area contributed by atoms with E-state index in [1.54, 1.807) is 0 Å². The second-order valence-electron chi connectivity index (χ2n) is 7.76. The van der Waals surface area contributed by atoms with Gasteiger partial charge in [-0.1, -0.05) is 69.1 Å². The van der Waals surface area contributed by atoms with Gasteiger partial charge in [-0.05, 0) is 44.9 Å². The number of phosphoric acid groups is 1. The molecular formula is C25H43O7P. The highest BCUT2D eigenvalue weighted by atomic mass is 31.2. The number of allylic oxidation sites excluding steroid dienone is 6. The fourth-order valence-electron chi connectivity index (χ4n) is 2.82. The molecule has 7 nitrogen and oxygen atoms in total. The fraction of sp³-hybridized carbons (Fsp3) is 0.680. The van der Waals surface area contributed by atoms with Gasteiger partial charge in [-0.15, -0.1) is 4.52 Å². The molecule has 1 N–H and O–H groups in total. The van der Waals surface area contributed by atoms with E-state index in [0.717, 1.165) is 51.6 Å². The van der Waals surface area contributed by atoms with E-state index < -0.39 is 26.5 Å². The second kappa shape index (κ2) is 22.4. The molecule has 0 aromatic rings. The predicted octanol–water partition coefficient (Wildman–Crippen LogP) is 5.94. The summed E-state index contributed by atoms with van der Waals surface area (Å²) in [6, 6.07) is 0. The topological polar surface area (TPSA) is 105 Å². The molecule has 33 heavy (non-hydrogen) atoms. The number of aliphatic hydroxyl groups is 1. The summed E-state index contributed by atoms with van der Waals surface area (Å²) < 4.78 is 24.8. The van der Waals surface area contributed by atoms with Gasteiger partial charge in [-0.25, -0.2) is 0 Å². The molecule has 0 fully saturated rings. The van der Waals surface area contributed by atoms with E-state index in [4.69, 9.17) is 4.74 Å². The average molecular weight is 487 g/mol. The minimum Gasteiger partial charge on any atom is -0.753 e. The van der Waals surface area contributed by atoms with Gasteiger partial charge in [0.1, 0.15) is 19.6 Å². The third-order valence-electron chi connectivity index (χ3n) is 4.62. The minimum absolute atomic E-state index is 0.273. The Labute approximate surface area is 200 Å². The van der Waals surface area contributed by atoms with Crippen LogP contribution in [0.2, 0.25) is 0 Å². The van der Waals surface area contributed by atoms with Crippen LogP contribution in [0.4, 0.5) is 0 Å². The smallest absolute Gasteiger partial charge is 0.316 e. The standard InChI is InChI=1S/C25H43O7P/c1-3-5-6-7-8-9-10-11-12-13-14-15-16-17-18-19-20-21-25(27)30-22-24(26)23-32-33(28,29)31-4-2/h4,8-9,11-12,14-15,24,26H,3,5-7,10,13,16-23H2,1-2H3/b9-8+,12-11+,15-14+. The number of unbranched alkanes of at least 4 members (excludes halogenated alkanes) is 7. The molecule has 0 rings (SSSR count). The predicted molar refractivity (Wildman–Crippen MR) is 130 cm³/mol. The number of carbonyl (C=O) groups is 1. The molecule has 0 saturated heterocycles. The number of hydrogen-bond acceptors (Lipinski definition) is 7. The Balaban J connectivity index is 3.55. The first-order valence-electron chi connectivity index (χ1n) is 12.1. The maximum Gasteiger partial charge on any atom is 0.316 e. The van der Waals surface area contributed by atoms with Gasteiger partial charge in [0.2, 0.25) is 6.61 Å². The van der Waals surface area contributed by atoms with Crippen molar-refractivity contribution in [3.63, 3.8) is 0 Å². The largest absolute Gasteiger partial charge is 0.753 e. The highest BCUT2D eigenvalue weighted by Crippen LogP contribution is 2.38. The van der Waals surface area contributed by atoms with Crippen molar-refractivity contribution in [3.8, 4) is 0 Å². The lowest BCUT2D eigenvalue weighted by molar-refractivity contribution is -0.224. The summed E-state index contributed by atoms with van der Waals surface area (Å²) in [7, 11) is -4.46. The van der Waals surface area contributed by atoms with Crippen molar-refractivity contribution in [2.45, 2.75) is 97.0 Å². The van der Waals surface area contributed by atoms with Gasteiger partial charge >= 0.3 is 13.8 Å². The first-order valence-corrected chi connectivity index (χ1v) is 13.6. The average Bonchev–Trinajstić information content (AvgIpc) is 2.78. The lowest BCUT2D eigenvalue weighted by Crippen LogP contribution is -2.24. The summed E-state index contributed by atoms with van der Waals surface area (Å²) in [5.41, 5.74) is 0. The van der Waals surface area contributed by atoms with Crippen LogP contribution >= 0.6 is 7.82 Å². The van der Waals surface area contributed by atoms with Crippen LogP contribution in [0.25, 0.3) is 0 Å². The zero-order chi connectivity index (χ0) is 24.6. The van der Waals surface area contributed by atoms with Crippen LogP contribution in [0.1, 0.15) is 90.9 Å². The van der Waals surface area contributed by atoms with Gasteiger partial charge in [0, 0.05) is 6.42 Å². The van der Waals surface area contributed by atoms with Crippen LogP contribution < -0.4 is 4.89 Å². The Morgan fingerprint density at radius 3 is 2.12 bits per heavy atom. The zero-order valence-electron chi connectivity index (χ0n) is 20.4. The summed E-state index contributed by atoms with van der Waals surface area (Å²) >= 11 is 0. The number of ether oxygens (including phenoxy) is 1. The van der Waals surface area contributed by atoms with Crippen LogP contribution in [0.15, 0.2) is 36.5 Å². The SMILES string of the molecule is C[CH+]OP(=O)([O-])OCC(O)COC(=O)CCCCCC/C=C/C/C=C/C/C=C/CCCCC. The van der Waals surface area contributed by atoms with E-state index in [1.807, 2.05) is 0 Å². The fourth-order valence-corrected chi connectivity index (χ4v) is 3.49. The van der Waals surface area contributed by atoms with E-state index in [-0.39, 0.29) is 13.0 Å². The molecule has 0 radical (unpaired) electrons. The molecule has 0 aromatic carbocycles. The van der Waals surface area contributed by atoms with Gasteiger partial charge in [0.05, 0.1) is 6.61 Å². The molecule has 8 heteroatoms. The molecule has 0 aliphatic rings. The van der Waals surface area contributed by atoms with Crippen LogP contribution in [0.5, 0.6) is 0 Å². The summed E-state index contributed by atoms with van der Waals surface area (Å²) in [4.78, 5) is 22.9. The van der Waals surface area contributed by atoms with Crippen LogP contribution in [0.3, 0.4) is 0 Å². The maximum absolute atomic E-state index is 11.7. The molecule has 2 atom stereocenters. The normalized spacial score (nSPS) is 14.8. The highest BCUT2D eigenvalue weighted by molar-refractivity contribution is 7.45. The van der Waals surface area contributed by atoms with Gasteiger partial charge in [-0.3, -0.25) is 9.36 Å². The molecule has 190 valence electrons. The van der Waals surface area contributed by atoms with Crippen molar-refractivity contribution < 1.29 is 33.1 Å². The zero-order valence-corrected chi connectivity index (χ0v) is 21.3. The Bertz CT molecular complexity index is 602. The number of aliphatic hydroxyl groups excluding tert-OH is 1. The molecule has 0 aliphatic heterocycles. The van der Waals surface area contributed by atoms with Crippen molar-refractivity contribution in [3.05, 3.63) is 43.1 Å². The van der Waals surface area contributed by atoms with E-state index in [2.05, 4.69) is 52.4 Å². The molecule has 0 saturated carbocycles. The van der Waals surface area contributed by atoms with E-state index in [1.165, 1.54) is 32.6 Å². The molecule has 0 bridgehead atoms. The van der Waals surface area contributed by atoms with E-state index >= 15 is 0 Å². The molecule has 0 amide bonds. The summed E-state index contributed by atoms with van der Waals surface area (Å²) in [5, 5.41) is 9.61. The molecule has 0 spiro atoms. The number of hydrogen-bond donors (Lipinski definition) is 1. The number of esters is 1. The van der Waals surface area contributed by atoms with Gasteiger partial charge in [0.25, 0.3) is 0 Å². The van der Waals surface area contributed by atoms with Crippen LogP contribution in [0, 0.1) is 6.61 Å². The van der Waals surface area contributed by atoms with Crippen LogP contribution in [-0.2, 0) is 23.1 Å². The van der Waals surface area contributed by atoms with Crippen molar-refractivity contribution >= 4 is 13.8 Å². The Hall–Kier alpha value is -1.37. The lowest BCUT2D eigenvalue weighted by atomic mass is 10.1. The minimum atomic E-state index is -4.46. The van der Waals surface area contributed by atoms with Gasteiger partial charge in [0.15, 0.2) is 0 Å². The number of rotatable bonds is 22. The van der Waals surface area contributed by atoms with Gasteiger partial charge in [-0.2, -0.15) is 0 Å². The monoisotopic (exact) mass is 486 g/mol. The number of carbonyl (C=O) groups excluding carboxylic acids is 1. The first kappa shape index (κ1) is 31.6. The quantitative estimate of drug-likeness (QED) is 0.0663. The second-order valence-corrected chi connectivity index (χ2v) is 9.12. The first-order chi connectivity index (χ1) is 15.9. The summed E-state index contributed by atoms with van der Waals surface area (Å²) in [6.45, 7) is 3.73. The Kier molecular flexibility index (Phi) is 21.5. The van der Waals surface area contributed by atoms with Crippen molar-refractivity contribution in [2.75, 3.05) is 13.2 Å². The Morgan fingerprint density at radius 1 is 0.939 bits per heavy atom. The molecular weight excluding hydrogens is 443 g/mol. The van der Waals surface area contributed by atoms with Crippen molar-refractivity contribution in [1.82, 2.24) is 0 Å². The molecule has 0 heterocycles. The third kappa shape index (κ3) is 23.6. The highest BCUT2D eigenvalue weighted by Gasteiger charge is 2.17. The molecule has 0 aromatic heterocycles. The van der Waals surface area contributed by atoms with E-state index in [0.29, 0.717) is 0 Å². The van der Waals surface area contributed by atoms with Gasteiger partial charge < -0.3 is 19.3 Å². The number of phosphoric ester groups is 1. The van der Waals surface area contributed by atoms with Crippen LogP contribution in [-0.4, -0.2) is 30.4 Å². The maximum atomic E-state index is 11.7. The lowest BCUT2D eigenvalue weighted by Gasteiger charge is -2.19. The van der Waals surface area contributed by atoms with Crippen molar-refractivity contribution in [2.24, 2.45) is 0 Å². The molecule has 0 aliphatic carbocycles. The Morgan fingerprint density at radius 2 is 1.52 bits per heavy atom. The van der Waals surface area contributed by atoms with Crippen molar-refractivity contribution in [1.29, 1.82) is 0 Å². The third-order valence-corrected chi connectivity index (χ3v) is 5.55. The van der Waals surface area contributed by atoms with E-state index in [9.17, 15) is 19.4 Å². The summed E-state index contributed by atoms with van der Waals surface area (Å²) in [6.07, 6.45) is 24.2. The molecule has 2 unspecified atom stereocenters. The summed E-state index contributed by atoms with van der Waals surface area (Å²) in [5.74, 6) is -0.417.